The smallest absolute Gasteiger partial charge is 0.223 e. The zero-order chi connectivity index (χ0) is 14.6. The van der Waals surface area contributed by atoms with E-state index in [2.05, 4.69) is 15.4 Å². The lowest BCUT2D eigenvalue weighted by atomic mass is 9.86. The highest BCUT2D eigenvalue weighted by molar-refractivity contribution is 7.89. The molecule has 7 heteroatoms. The van der Waals surface area contributed by atoms with E-state index in [1.165, 1.54) is 6.42 Å². The molecule has 0 spiro atoms. The van der Waals surface area contributed by atoms with Gasteiger partial charge in [-0.25, -0.2) is 13.1 Å². The molecule has 1 unspecified atom stereocenters. The van der Waals surface area contributed by atoms with Gasteiger partial charge in [0, 0.05) is 19.0 Å². The molecule has 3 N–H and O–H groups in total. The van der Waals surface area contributed by atoms with Gasteiger partial charge in [-0.05, 0) is 37.8 Å². The second-order valence-electron chi connectivity index (χ2n) is 5.96. The summed E-state index contributed by atoms with van der Waals surface area (Å²) in [5, 5.41) is 5.85. The Kier molecular flexibility index (Phi) is 5.40. The first kappa shape index (κ1) is 15.7. The quantitative estimate of drug-likeness (QED) is 0.573. The Morgan fingerprint density at radius 3 is 2.55 bits per heavy atom. The number of hydrogen-bond acceptors (Lipinski definition) is 4. The SMILES string of the molecule is CC(C(=O)NCCS(=O)(=O)NCC1CCC1)C1CNC1. The standard InChI is InChI=1S/C13H25N3O3S/c1-10(12-8-14-9-12)13(17)15-5-6-20(18,19)16-7-11-3-2-4-11/h10-12,14,16H,2-9H2,1H3,(H,15,17). The third kappa shape index (κ3) is 4.43. The van der Waals surface area contributed by atoms with E-state index >= 15 is 0 Å². The summed E-state index contributed by atoms with van der Waals surface area (Å²) in [5.41, 5.74) is 0. The van der Waals surface area contributed by atoms with Gasteiger partial charge >= 0.3 is 0 Å². The third-order valence-corrected chi connectivity index (χ3v) is 5.77. The Morgan fingerprint density at radius 1 is 1.35 bits per heavy atom. The summed E-state index contributed by atoms with van der Waals surface area (Å²) in [7, 11) is -3.26. The van der Waals surface area contributed by atoms with Crippen molar-refractivity contribution in [1.29, 1.82) is 0 Å². The lowest BCUT2D eigenvalue weighted by molar-refractivity contribution is -0.126. The maximum atomic E-state index is 11.8. The molecule has 0 bridgehead atoms. The average molecular weight is 303 g/mol. The van der Waals surface area contributed by atoms with Crippen LogP contribution in [-0.4, -0.2) is 46.3 Å². The minimum absolute atomic E-state index is 0.0406. The molecule has 1 aliphatic carbocycles. The number of sulfonamides is 1. The van der Waals surface area contributed by atoms with Crippen LogP contribution in [0.4, 0.5) is 0 Å². The van der Waals surface area contributed by atoms with Crippen LogP contribution in [0.2, 0.25) is 0 Å². The molecule has 2 rings (SSSR count). The fraction of sp³-hybridized carbons (Fsp3) is 0.923. The molecule has 116 valence electrons. The van der Waals surface area contributed by atoms with E-state index in [1.54, 1.807) is 0 Å². The second-order valence-corrected chi connectivity index (χ2v) is 7.89. The van der Waals surface area contributed by atoms with Crippen molar-refractivity contribution in [1.82, 2.24) is 15.4 Å². The van der Waals surface area contributed by atoms with E-state index < -0.39 is 10.0 Å². The van der Waals surface area contributed by atoms with E-state index in [0.29, 0.717) is 18.4 Å². The van der Waals surface area contributed by atoms with E-state index in [4.69, 9.17) is 0 Å². The van der Waals surface area contributed by atoms with Crippen LogP contribution in [0.5, 0.6) is 0 Å². The average Bonchev–Trinajstić information content (AvgIpc) is 2.23. The first-order valence-electron chi connectivity index (χ1n) is 7.44. The summed E-state index contributed by atoms with van der Waals surface area (Å²) in [5.74, 6) is 0.739. The second kappa shape index (κ2) is 6.87. The van der Waals surface area contributed by atoms with E-state index in [1.807, 2.05) is 6.92 Å². The molecule has 2 aliphatic rings. The first-order chi connectivity index (χ1) is 9.48. The van der Waals surface area contributed by atoms with Crippen LogP contribution in [0.15, 0.2) is 0 Å². The predicted molar refractivity (Wildman–Crippen MR) is 77.7 cm³/mol. The van der Waals surface area contributed by atoms with Gasteiger partial charge in [-0.2, -0.15) is 0 Å². The highest BCUT2D eigenvalue weighted by Crippen LogP contribution is 2.25. The van der Waals surface area contributed by atoms with Crippen molar-refractivity contribution in [2.24, 2.45) is 17.8 Å². The van der Waals surface area contributed by atoms with Crippen molar-refractivity contribution in [3.8, 4) is 0 Å². The number of nitrogens with one attached hydrogen (secondary N) is 3. The van der Waals surface area contributed by atoms with Crippen LogP contribution in [0.3, 0.4) is 0 Å². The zero-order valence-corrected chi connectivity index (χ0v) is 12.8. The highest BCUT2D eigenvalue weighted by Gasteiger charge is 2.28. The molecule has 1 saturated heterocycles. The lowest BCUT2D eigenvalue weighted by Crippen LogP contribution is -2.50. The molecule has 0 aromatic heterocycles. The maximum Gasteiger partial charge on any atom is 0.223 e. The summed E-state index contributed by atoms with van der Waals surface area (Å²) in [4.78, 5) is 11.8. The van der Waals surface area contributed by atoms with Crippen LogP contribution in [0.25, 0.3) is 0 Å². The molecule has 20 heavy (non-hydrogen) atoms. The highest BCUT2D eigenvalue weighted by atomic mass is 32.2. The van der Waals surface area contributed by atoms with Crippen molar-refractivity contribution in [2.45, 2.75) is 26.2 Å². The number of amides is 1. The maximum absolute atomic E-state index is 11.8. The van der Waals surface area contributed by atoms with Crippen LogP contribution in [-0.2, 0) is 14.8 Å². The molecular formula is C13H25N3O3S. The van der Waals surface area contributed by atoms with Gasteiger partial charge in [-0.3, -0.25) is 4.79 Å². The molecule has 1 amide bonds. The Morgan fingerprint density at radius 2 is 2.05 bits per heavy atom. The summed E-state index contributed by atoms with van der Waals surface area (Å²) < 4.78 is 26.1. The molecule has 0 aromatic rings. The largest absolute Gasteiger partial charge is 0.355 e. The van der Waals surface area contributed by atoms with Crippen molar-refractivity contribution in [2.75, 3.05) is 31.9 Å². The van der Waals surface area contributed by atoms with Gasteiger partial charge in [0.05, 0.1) is 5.75 Å². The minimum atomic E-state index is -3.26. The number of carbonyl (C=O) groups is 1. The van der Waals surface area contributed by atoms with Crippen molar-refractivity contribution in [3.05, 3.63) is 0 Å². The Hall–Kier alpha value is -0.660. The summed E-state index contributed by atoms with van der Waals surface area (Å²) in [6.45, 7) is 4.36. The summed E-state index contributed by atoms with van der Waals surface area (Å²) in [6, 6.07) is 0. The van der Waals surface area contributed by atoms with Crippen molar-refractivity contribution in [3.63, 3.8) is 0 Å². The molecule has 0 aromatic carbocycles. The van der Waals surface area contributed by atoms with Gasteiger partial charge in [-0.15, -0.1) is 0 Å². The molecule has 1 heterocycles. The van der Waals surface area contributed by atoms with Crippen LogP contribution < -0.4 is 15.4 Å². The molecule has 1 atom stereocenters. The number of rotatable bonds is 8. The Bertz CT molecular complexity index is 430. The molecule has 1 aliphatic heterocycles. The lowest BCUT2D eigenvalue weighted by Gasteiger charge is -2.31. The normalized spacial score (nSPS) is 21.9. The molecule has 1 saturated carbocycles. The van der Waals surface area contributed by atoms with Gasteiger partial charge in [0.15, 0.2) is 0 Å². The van der Waals surface area contributed by atoms with Crippen LogP contribution >= 0.6 is 0 Å². The fourth-order valence-corrected chi connectivity index (χ4v) is 3.37. The zero-order valence-electron chi connectivity index (χ0n) is 12.0. The molecule has 6 nitrogen and oxygen atoms in total. The minimum Gasteiger partial charge on any atom is -0.355 e. The molecular weight excluding hydrogens is 278 g/mol. The van der Waals surface area contributed by atoms with Gasteiger partial charge in [0.1, 0.15) is 0 Å². The van der Waals surface area contributed by atoms with Crippen LogP contribution in [0, 0.1) is 17.8 Å². The summed E-state index contributed by atoms with van der Waals surface area (Å²) >= 11 is 0. The van der Waals surface area contributed by atoms with E-state index in [0.717, 1.165) is 25.9 Å². The van der Waals surface area contributed by atoms with Crippen molar-refractivity contribution < 1.29 is 13.2 Å². The van der Waals surface area contributed by atoms with Gasteiger partial charge in [0.25, 0.3) is 0 Å². The predicted octanol–water partition coefficient (Wildman–Crippen LogP) is -0.322. The molecule has 0 radical (unpaired) electrons. The number of hydrogen-bond donors (Lipinski definition) is 3. The Labute approximate surface area is 121 Å². The van der Waals surface area contributed by atoms with Gasteiger partial charge in [0.2, 0.25) is 15.9 Å². The van der Waals surface area contributed by atoms with E-state index in [-0.39, 0.29) is 24.1 Å². The summed E-state index contributed by atoms with van der Waals surface area (Å²) in [6.07, 6.45) is 3.44. The van der Waals surface area contributed by atoms with E-state index in [9.17, 15) is 13.2 Å². The molecule has 2 fully saturated rings. The Balaban J connectivity index is 1.61. The number of carbonyl (C=O) groups excluding carboxylic acids is 1. The topological polar surface area (TPSA) is 87.3 Å². The van der Waals surface area contributed by atoms with Crippen molar-refractivity contribution >= 4 is 15.9 Å². The fourth-order valence-electron chi connectivity index (χ4n) is 2.36. The van der Waals surface area contributed by atoms with Crippen LogP contribution in [0.1, 0.15) is 26.2 Å². The monoisotopic (exact) mass is 303 g/mol. The third-order valence-electron chi connectivity index (χ3n) is 4.42. The van der Waals surface area contributed by atoms with Gasteiger partial charge in [-0.1, -0.05) is 13.3 Å². The van der Waals surface area contributed by atoms with Gasteiger partial charge < -0.3 is 10.6 Å². The first-order valence-corrected chi connectivity index (χ1v) is 9.09.